The van der Waals surface area contributed by atoms with E-state index in [-0.39, 0.29) is 12.5 Å². The average Bonchev–Trinajstić information content (AvgIpc) is 2.45. The summed E-state index contributed by atoms with van der Waals surface area (Å²) in [6.07, 6.45) is -0.555. The Labute approximate surface area is 121 Å². The molecule has 5 nitrogen and oxygen atoms in total. The van der Waals surface area contributed by atoms with Gasteiger partial charge in [-0.2, -0.15) is 0 Å². The van der Waals surface area contributed by atoms with E-state index in [4.69, 9.17) is 9.84 Å². The van der Waals surface area contributed by atoms with E-state index in [1.54, 1.807) is 25.7 Å². The lowest BCUT2D eigenvalue weighted by molar-refractivity contribution is -0.144. The maximum Gasteiger partial charge on any atom is 0.308 e. The van der Waals surface area contributed by atoms with E-state index in [2.05, 4.69) is 0 Å². The van der Waals surface area contributed by atoms with Gasteiger partial charge in [-0.1, -0.05) is 19.1 Å². The predicted octanol–water partition coefficient (Wildman–Crippen LogP) is 1.72. The number of fused-ring (bicyclic) bond motifs is 1. The van der Waals surface area contributed by atoms with Crippen molar-refractivity contribution < 1.29 is 19.4 Å². The smallest absolute Gasteiger partial charge is 0.308 e. The Kier molecular flexibility index (Phi) is 4.54. The van der Waals surface area contributed by atoms with Crippen molar-refractivity contribution in [3.63, 3.8) is 0 Å². The van der Waals surface area contributed by atoms with Crippen LogP contribution >= 0.6 is 11.8 Å². The third-order valence-corrected chi connectivity index (χ3v) is 4.25. The molecule has 1 N–H and O–H groups in total. The molecule has 1 amide bonds. The molecule has 0 aromatic heterocycles. The molecule has 0 spiro atoms. The lowest BCUT2D eigenvalue weighted by atomic mass is 10.1. The molecule has 0 aliphatic carbocycles. The zero-order chi connectivity index (χ0) is 14.7. The molecule has 20 heavy (non-hydrogen) atoms. The number of benzene rings is 1. The second-order valence-electron chi connectivity index (χ2n) is 4.82. The van der Waals surface area contributed by atoms with Crippen LogP contribution in [-0.4, -0.2) is 47.3 Å². The van der Waals surface area contributed by atoms with E-state index in [9.17, 15) is 9.59 Å². The summed E-state index contributed by atoms with van der Waals surface area (Å²) in [4.78, 5) is 25.5. The van der Waals surface area contributed by atoms with Gasteiger partial charge in [0.15, 0.2) is 6.10 Å². The molecule has 0 saturated carbocycles. The molecule has 108 valence electrons. The molecule has 0 saturated heterocycles. The number of carboxylic acids is 1. The van der Waals surface area contributed by atoms with Gasteiger partial charge in [0.2, 0.25) is 0 Å². The fourth-order valence-electron chi connectivity index (χ4n) is 1.97. The number of ether oxygens (including phenoxy) is 1. The standard InChI is InChI=1S/C14H17NO4S/c1-9(14(17)18)7-15(2)13(16)11-8-20-12-6-4-3-5-10(12)19-11/h3-6,9,11H,7-8H2,1-2H3,(H,17,18)/t9-,11+/m1/s1. The SMILES string of the molecule is C[C@H](CN(C)C(=O)[C@@H]1CSc2ccccc2O1)C(=O)O. The van der Waals surface area contributed by atoms with Gasteiger partial charge in [-0.15, -0.1) is 11.8 Å². The van der Waals surface area contributed by atoms with Gasteiger partial charge in [-0.05, 0) is 12.1 Å². The van der Waals surface area contributed by atoms with Crippen LogP contribution in [0.25, 0.3) is 0 Å². The Bertz CT molecular complexity index is 520. The Morgan fingerprint density at radius 3 is 2.90 bits per heavy atom. The molecule has 1 aromatic carbocycles. The molecule has 1 aliphatic rings. The number of likely N-dealkylation sites (N-methyl/N-ethyl adjacent to an activating group) is 1. The molecule has 2 atom stereocenters. The highest BCUT2D eigenvalue weighted by atomic mass is 32.2. The van der Waals surface area contributed by atoms with Crippen molar-refractivity contribution in [2.75, 3.05) is 19.3 Å². The monoisotopic (exact) mass is 295 g/mol. The quantitative estimate of drug-likeness (QED) is 0.916. The average molecular weight is 295 g/mol. The van der Waals surface area contributed by atoms with Crippen molar-refractivity contribution in [2.45, 2.75) is 17.9 Å². The van der Waals surface area contributed by atoms with Crippen LogP contribution in [0.3, 0.4) is 0 Å². The molecule has 2 rings (SSSR count). The van der Waals surface area contributed by atoms with Gasteiger partial charge in [-0.3, -0.25) is 9.59 Å². The summed E-state index contributed by atoms with van der Waals surface area (Å²) in [5.74, 6) is -0.426. The number of hydrogen-bond acceptors (Lipinski definition) is 4. The van der Waals surface area contributed by atoms with Crippen molar-refractivity contribution >= 4 is 23.6 Å². The molecular formula is C14H17NO4S. The predicted molar refractivity (Wildman–Crippen MR) is 76.0 cm³/mol. The number of thioether (sulfide) groups is 1. The van der Waals surface area contributed by atoms with Crippen molar-refractivity contribution in [1.29, 1.82) is 0 Å². The summed E-state index contributed by atoms with van der Waals surface area (Å²) in [6, 6.07) is 7.58. The van der Waals surface area contributed by atoms with E-state index in [0.29, 0.717) is 11.5 Å². The van der Waals surface area contributed by atoms with Gasteiger partial charge in [0, 0.05) is 24.2 Å². The number of hydrogen-bond donors (Lipinski definition) is 1. The Balaban J connectivity index is 1.99. The third kappa shape index (κ3) is 3.25. The van der Waals surface area contributed by atoms with Crippen molar-refractivity contribution in [2.24, 2.45) is 5.92 Å². The van der Waals surface area contributed by atoms with Crippen LogP contribution in [0.4, 0.5) is 0 Å². The fraction of sp³-hybridized carbons (Fsp3) is 0.429. The summed E-state index contributed by atoms with van der Waals surface area (Å²) >= 11 is 1.58. The van der Waals surface area contributed by atoms with Gasteiger partial charge in [0.25, 0.3) is 5.91 Å². The zero-order valence-electron chi connectivity index (χ0n) is 11.4. The topological polar surface area (TPSA) is 66.8 Å². The summed E-state index contributed by atoms with van der Waals surface area (Å²) in [6.45, 7) is 1.76. The number of nitrogens with zero attached hydrogens (tertiary/aromatic N) is 1. The number of amides is 1. The Hall–Kier alpha value is -1.69. The van der Waals surface area contributed by atoms with E-state index in [0.717, 1.165) is 4.90 Å². The first-order valence-electron chi connectivity index (χ1n) is 6.35. The van der Waals surface area contributed by atoms with E-state index in [1.165, 1.54) is 4.90 Å². The van der Waals surface area contributed by atoms with Crippen molar-refractivity contribution in [3.8, 4) is 5.75 Å². The lowest BCUT2D eigenvalue weighted by Crippen LogP contribution is -2.44. The van der Waals surface area contributed by atoms with Crippen molar-refractivity contribution in [3.05, 3.63) is 24.3 Å². The third-order valence-electron chi connectivity index (χ3n) is 3.13. The Morgan fingerprint density at radius 1 is 1.50 bits per heavy atom. The number of carbonyl (C=O) groups excluding carboxylic acids is 1. The first-order chi connectivity index (χ1) is 9.49. The largest absolute Gasteiger partial charge is 0.481 e. The van der Waals surface area contributed by atoms with Gasteiger partial charge < -0.3 is 14.7 Å². The molecule has 1 aromatic rings. The minimum atomic E-state index is -0.908. The minimum Gasteiger partial charge on any atom is -0.481 e. The van der Waals surface area contributed by atoms with Crippen molar-refractivity contribution in [1.82, 2.24) is 4.90 Å². The first kappa shape index (κ1) is 14.7. The fourth-order valence-corrected chi connectivity index (χ4v) is 2.94. The molecular weight excluding hydrogens is 278 g/mol. The molecule has 1 aliphatic heterocycles. The molecule has 6 heteroatoms. The minimum absolute atomic E-state index is 0.180. The molecule has 0 fully saturated rings. The van der Waals surface area contributed by atoms with Gasteiger partial charge in [0.1, 0.15) is 5.75 Å². The second kappa shape index (κ2) is 6.17. The molecule has 0 radical (unpaired) electrons. The highest BCUT2D eigenvalue weighted by Gasteiger charge is 2.30. The summed E-state index contributed by atoms with van der Waals surface area (Å²) in [7, 11) is 1.61. The highest BCUT2D eigenvalue weighted by Crippen LogP contribution is 2.35. The summed E-state index contributed by atoms with van der Waals surface area (Å²) in [5.41, 5.74) is 0. The zero-order valence-corrected chi connectivity index (χ0v) is 12.2. The van der Waals surface area contributed by atoms with Gasteiger partial charge >= 0.3 is 5.97 Å². The number of aliphatic carboxylic acids is 1. The number of carboxylic acid groups (broad SMARTS) is 1. The lowest BCUT2D eigenvalue weighted by Gasteiger charge is -2.29. The molecule has 0 bridgehead atoms. The number of rotatable bonds is 4. The van der Waals surface area contributed by atoms with Gasteiger partial charge in [0.05, 0.1) is 5.92 Å². The van der Waals surface area contributed by atoms with Crippen LogP contribution < -0.4 is 4.74 Å². The summed E-state index contributed by atoms with van der Waals surface area (Å²) < 4.78 is 5.70. The van der Waals surface area contributed by atoms with Crippen LogP contribution in [0.2, 0.25) is 0 Å². The molecule has 1 heterocycles. The maximum absolute atomic E-state index is 12.3. The first-order valence-corrected chi connectivity index (χ1v) is 7.34. The normalized spacial score (nSPS) is 18.6. The number of carbonyl (C=O) groups is 2. The maximum atomic E-state index is 12.3. The Morgan fingerprint density at radius 2 is 2.20 bits per heavy atom. The van der Waals surface area contributed by atoms with Crippen LogP contribution in [0.5, 0.6) is 5.75 Å². The number of para-hydroxylation sites is 1. The van der Waals surface area contributed by atoms with Crippen LogP contribution in [-0.2, 0) is 9.59 Å². The second-order valence-corrected chi connectivity index (χ2v) is 5.88. The van der Waals surface area contributed by atoms with E-state index >= 15 is 0 Å². The van der Waals surface area contributed by atoms with E-state index in [1.807, 2.05) is 24.3 Å². The summed E-state index contributed by atoms with van der Waals surface area (Å²) in [5, 5.41) is 8.88. The van der Waals surface area contributed by atoms with E-state index < -0.39 is 18.0 Å². The van der Waals surface area contributed by atoms with Crippen LogP contribution in [0, 0.1) is 5.92 Å². The highest BCUT2D eigenvalue weighted by molar-refractivity contribution is 7.99. The van der Waals surface area contributed by atoms with Crippen LogP contribution in [0.15, 0.2) is 29.2 Å². The molecule has 0 unspecified atom stereocenters. The van der Waals surface area contributed by atoms with Gasteiger partial charge in [-0.25, -0.2) is 0 Å². The van der Waals surface area contributed by atoms with Crippen LogP contribution in [0.1, 0.15) is 6.92 Å².